The highest BCUT2D eigenvalue weighted by atomic mass is 16.5. The predicted molar refractivity (Wildman–Crippen MR) is 265 cm³/mol. The van der Waals surface area contributed by atoms with Crippen LogP contribution in [-0.2, 0) is 31.1 Å². The van der Waals surface area contributed by atoms with E-state index in [-0.39, 0.29) is 57.3 Å². The first-order valence-corrected chi connectivity index (χ1v) is 23.6. The number of nitrogens with zero attached hydrogens (tertiary/aromatic N) is 2. The van der Waals surface area contributed by atoms with Crippen molar-refractivity contribution in [1.82, 2.24) is 0 Å². The quantitative estimate of drug-likeness (QED) is 0.236. The SMILES string of the molecule is Cc1ccc(C)c(N2C(C)(C)CC(OC(=O)c3cc(C(C)(C)C)c(O)c(C(C)(C)C)c3)CC2(C)C)c1N1C(C)(C)CC(OC(=O)c2cc(C(C)(C)C)c(O)c(C(C)(C)C)c2)CC1(C)C. The summed E-state index contributed by atoms with van der Waals surface area (Å²) in [6.45, 7) is 47.1. The Morgan fingerprint density at radius 3 is 0.906 bits per heavy atom. The van der Waals surface area contributed by atoms with Crippen LogP contribution in [0.4, 0.5) is 11.4 Å². The van der Waals surface area contributed by atoms with E-state index in [4.69, 9.17) is 9.47 Å². The molecule has 0 radical (unpaired) electrons. The summed E-state index contributed by atoms with van der Waals surface area (Å²) >= 11 is 0. The number of rotatable bonds is 6. The second kappa shape index (κ2) is 16.3. The molecule has 2 heterocycles. The lowest BCUT2D eigenvalue weighted by Crippen LogP contribution is -2.65. The minimum Gasteiger partial charge on any atom is -0.507 e. The molecule has 2 aliphatic heterocycles. The lowest BCUT2D eigenvalue weighted by molar-refractivity contribution is 0.00116. The molecule has 0 aliphatic carbocycles. The lowest BCUT2D eigenvalue weighted by Gasteiger charge is -2.61. The number of benzene rings is 3. The van der Waals surface area contributed by atoms with Crippen molar-refractivity contribution in [3.8, 4) is 11.5 Å². The molecule has 0 saturated carbocycles. The first-order chi connectivity index (χ1) is 28.7. The third-order valence-electron chi connectivity index (χ3n) is 13.8. The number of carbonyl (C=O) groups is 2. The molecular formula is C56H84N2O6. The Kier molecular flexibility index (Phi) is 12.9. The summed E-state index contributed by atoms with van der Waals surface area (Å²) < 4.78 is 13.0. The van der Waals surface area contributed by atoms with Gasteiger partial charge in [0, 0.05) is 70.1 Å². The highest BCUT2D eigenvalue weighted by molar-refractivity contribution is 5.91. The maximum atomic E-state index is 14.2. The fourth-order valence-electron chi connectivity index (χ4n) is 11.3. The van der Waals surface area contributed by atoms with Gasteiger partial charge in [0.25, 0.3) is 0 Å². The van der Waals surface area contributed by atoms with Gasteiger partial charge in [-0.2, -0.15) is 0 Å². The third-order valence-corrected chi connectivity index (χ3v) is 13.8. The summed E-state index contributed by atoms with van der Waals surface area (Å²) in [5.41, 5.74) is 5.37. The Hall–Kier alpha value is -4.20. The number of phenolic OH excluding ortho intramolecular Hbond substituents is 2. The molecule has 5 rings (SSSR count). The molecule has 8 nitrogen and oxygen atoms in total. The van der Waals surface area contributed by atoms with Crippen LogP contribution in [0.1, 0.15) is 218 Å². The molecule has 2 aliphatic rings. The number of aryl methyl sites for hydroxylation is 2. The van der Waals surface area contributed by atoms with Crippen LogP contribution in [0.2, 0.25) is 0 Å². The first kappa shape index (κ1) is 50.8. The summed E-state index contributed by atoms with van der Waals surface area (Å²) in [5.74, 6) is -0.247. The zero-order chi connectivity index (χ0) is 48.9. The molecule has 64 heavy (non-hydrogen) atoms. The summed E-state index contributed by atoms with van der Waals surface area (Å²) in [6.07, 6.45) is 1.83. The molecule has 0 spiro atoms. The van der Waals surface area contributed by atoms with E-state index in [0.29, 0.717) is 36.8 Å². The Balaban J connectivity index is 1.48. The number of hydrogen-bond donors (Lipinski definition) is 2. The summed E-state index contributed by atoms with van der Waals surface area (Å²) in [6, 6.07) is 11.7. The molecule has 3 aromatic carbocycles. The van der Waals surface area contributed by atoms with Crippen molar-refractivity contribution in [2.45, 2.75) is 234 Å². The number of hydrogen-bond acceptors (Lipinski definition) is 8. The molecule has 0 bridgehead atoms. The van der Waals surface area contributed by atoms with Gasteiger partial charge in [-0.05, 0) is 126 Å². The average molecular weight is 881 g/mol. The van der Waals surface area contributed by atoms with E-state index in [2.05, 4.69) is 174 Å². The Bertz CT molecular complexity index is 2020. The van der Waals surface area contributed by atoms with E-state index in [1.807, 2.05) is 24.3 Å². The predicted octanol–water partition coefficient (Wildman–Crippen LogP) is 13.7. The van der Waals surface area contributed by atoms with Gasteiger partial charge in [-0.1, -0.05) is 95.2 Å². The van der Waals surface area contributed by atoms with Gasteiger partial charge in [0.1, 0.15) is 23.7 Å². The van der Waals surface area contributed by atoms with E-state index >= 15 is 0 Å². The van der Waals surface area contributed by atoms with E-state index in [9.17, 15) is 19.8 Å². The molecule has 2 fully saturated rings. The van der Waals surface area contributed by atoms with Crippen LogP contribution in [0, 0.1) is 13.8 Å². The van der Waals surface area contributed by atoms with Crippen LogP contribution in [-0.4, -0.2) is 56.5 Å². The first-order valence-electron chi connectivity index (χ1n) is 23.6. The summed E-state index contributed by atoms with van der Waals surface area (Å²) in [5, 5.41) is 22.7. The molecule has 0 atom stereocenters. The molecule has 8 heteroatoms. The molecular weight excluding hydrogens is 797 g/mol. The van der Waals surface area contributed by atoms with Gasteiger partial charge < -0.3 is 29.5 Å². The molecule has 354 valence electrons. The third kappa shape index (κ3) is 9.96. The van der Waals surface area contributed by atoms with Gasteiger partial charge in [-0.15, -0.1) is 0 Å². The van der Waals surface area contributed by atoms with Crippen molar-refractivity contribution < 1.29 is 29.3 Å². The topological polar surface area (TPSA) is 99.5 Å². The number of piperidine rings is 2. The van der Waals surface area contributed by atoms with E-state index in [1.165, 1.54) is 22.5 Å². The van der Waals surface area contributed by atoms with Gasteiger partial charge in [0.15, 0.2) is 0 Å². The van der Waals surface area contributed by atoms with Crippen LogP contribution < -0.4 is 9.80 Å². The van der Waals surface area contributed by atoms with Crippen LogP contribution in [0.15, 0.2) is 36.4 Å². The van der Waals surface area contributed by atoms with Crippen LogP contribution >= 0.6 is 0 Å². The molecule has 0 unspecified atom stereocenters. The Morgan fingerprint density at radius 2 is 0.703 bits per heavy atom. The smallest absolute Gasteiger partial charge is 0.338 e. The fraction of sp³-hybridized carbons (Fsp3) is 0.643. The van der Waals surface area contributed by atoms with Gasteiger partial charge >= 0.3 is 11.9 Å². The zero-order valence-corrected chi connectivity index (χ0v) is 43.9. The maximum Gasteiger partial charge on any atom is 0.338 e. The number of phenols is 2. The Morgan fingerprint density at radius 1 is 0.484 bits per heavy atom. The van der Waals surface area contributed by atoms with E-state index in [1.54, 1.807) is 0 Å². The molecule has 2 saturated heterocycles. The largest absolute Gasteiger partial charge is 0.507 e. The van der Waals surface area contributed by atoms with Gasteiger partial charge in [-0.3, -0.25) is 0 Å². The highest BCUT2D eigenvalue weighted by Gasteiger charge is 2.52. The summed E-state index contributed by atoms with van der Waals surface area (Å²) in [4.78, 5) is 33.5. The number of ether oxygens (including phenoxy) is 2. The minimum atomic E-state index is -0.424. The summed E-state index contributed by atoms with van der Waals surface area (Å²) in [7, 11) is 0. The van der Waals surface area contributed by atoms with Crippen molar-refractivity contribution in [2.75, 3.05) is 9.80 Å². The highest BCUT2D eigenvalue weighted by Crippen LogP contribution is 2.54. The number of aromatic hydroxyl groups is 2. The monoisotopic (exact) mass is 881 g/mol. The number of anilines is 2. The van der Waals surface area contributed by atoms with Crippen molar-refractivity contribution in [1.29, 1.82) is 0 Å². The van der Waals surface area contributed by atoms with Gasteiger partial charge in [0.2, 0.25) is 0 Å². The van der Waals surface area contributed by atoms with E-state index in [0.717, 1.165) is 22.3 Å². The molecule has 0 amide bonds. The fourth-order valence-corrected chi connectivity index (χ4v) is 11.3. The molecule has 0 aromatic heterocycles. The van der Waals surface area contributed by atoms with Crippen molar-refractivity contribution in [2.24, 2.45) is 0 Å². The van der Waals surface area contributed by atoms with Crippen LogP contribution in [0.3, 0.4) is 0 Å². The zero-order valence-electron chi connectivity index (χ0n) is 43.9. The van der Waals surface area contributed by atoms with Crippen LogP contribution in [0.5, 0.6) is 11.5 Å². The van der Waals surface area contributed by atoms with Gasteiger partial charge in [-0.25, -0.2) is 9.59 Å². The Labute approximate surface area is 387 Å². The van der Waals surface area contributed by atoms with Crippen molar-refractivity contribution in [3.63, 3.8) is 0 Å². The minimum absolute atomic E-state index is 0.242. The number of esters is 2. The standard InChI is InChI=1S/C56H84N2O6/c1-33-23-24-34(2)44(58-55(19,20)31-38(32-56(58,21)22)64-48(62)36-27-41(51(9,10)11)46(60)42(28-36)52(12,13)14)43(33)57-53(15,16)29-37(30-54(57,17)18)63-47(61)35-25-39(49(3,4)5)45(59)40(26-35)50(6,7)8/h23-28,37-38,59-60H,29-32H2,1-22H3. The van der Waals surface area contributed by atoms with E-state index < -0.39 is 22.2 Å². The second-order valence-electron chi connectivity index (χ2n) is 26.0. The normalized spacial score (nSPS) is 19.4. The average Bonchev–Trinajstić information content (AvgIpc) is 3.07. The van der Waals surface area contributed by atoms with Crippen molar-refractivity contribution >= 4 is 23.3 Å². The molecule has 2 N–H and O–H groups in total. The van der Waals surface area contributed by atoms with Crippen LogP contribution in [0.25, 0.3) is 0 Å². The van der Waals surface area contributed by atoms with Gasteiger partial charge in [0.05, 0.1) is 22.5 Å². The second-order valence-corrected chi connectivity index (χ2v) is 26.0. The number of carbonyl (C=O) groups excluding carboxylic acids is 2. The lowest BCUT2D eigenvalue weighted by atomic mass is 9.75. The van der Waals surface area contributed by atoms with Crippen molar-refractivity contribution in [3.05, 3.63) is 80.9 Å². The maximum absolute atomic E-state index is 14.2. The molecule has 3 aromatic rings.